The number of amides is 1. The highest BCUT2D eigenvalue weighted by atomic mass is 35.5. The Morgan fingerprint density at radius 1 is 1.45 bits per heavy atom. The maximum absolute atomic E-state index is 12.3. The van der Waals surface area contributed by atoms with Crippen LogP contribution in [0.5, 0.6) is 0 Å². The molecule has 0 bridgehead atoms. The van der Waals surface area contributed by atoms with Gasteiger partial charge in [0.15, 0.2) is 0 Å². The third-order valence-corrected chi connectivity index (χ3v) is 4.36. The molecule has 6 nitrogen and oxygen atoms in total. The van der Waals surface area contributed by atoms with E-state index in [1.165, 1.54) is 23.1 Å². The van der Waals surface area contributed by atoms with Gasteiger partial charge in [0.1, 0.15) is 10.6 Å². The Morgan fingerprint density at radius 2 is 2.10 bits per heavy atom. The maximum atomic E-state index is 12.3. The standard InChI is InChI=1S/C13H13ClN2O4/c14-11-9(2-1-3-10(11)16(19)20)12(17)15-6-13(18,7-15)8-4-5-8/h1-3,8,18H,4-7H2. The highest BCUT2D eigenvalue weighted by Crippen LogP contribution is 2.45. The van der Waals surface area contributed by atoms with Crippen LogP contribution in [0.25, 0.3) is 0 Å². The summed E-state index contributed by atoms with van der Waals surface area (Å²) in [6.07, 6.45) is 1.99. The molecule has 2 fully saturated rings. The Hall–Kier alpha value is -1.66. The summed E-state index contributed by atoms with van der Waals surface area (Å²) in [5, 5.41) is 20.9. The van der Waals surface area contributed by atoms with Gasteiger partial charge in [-0.05, 0) is 24.8 Å². The number of hydrogen-bond acceptors (Lipinski definition) is 4. The van der Waals surface area contributed by atoms with Crippen LogP contribution < -0.4 is 0 Å². The number of nitrogens with zero attached hydrogens (tertiary/aromatic N) is 2. The van der Waals surface area contributed by atoms with Gasteiger partial charge in [-0.2, -0.15) is 0 Å². The highest BCUT2D eigenvalue weighted by molar-refractivity contribution is 6.35. The predicted molar refractivity (Wildman–Crippen MR) is 71.7 cm³/mol. The van der Waals surface area contributed by atoms with Crippen molar-refractivity contribution in [3.8, 4) is 0 Å². The Labute approximate surface area is 120 Å². The molecule has 0 unspecified atom stereocenters. The first-order valence-corrected chi connectivity index (χ1v) is 6.75. The number of carbonyl (C=O) groups is 1. The van der Waals surface area contributed by atoms with Crippen LogP contribution in [0.1, 0.15) is 23.2 Å². The van der Waals surface area contributed by atoms with Gasteiger partial charge in [0.25, 0.3) is 11.6 Å². The van der Waals surface area contributed by atoms with Gasteiger partial charge in [-0.1, -0.05) is 17.7 Å². The van der Waals surface area contributed by atoms with Gasteiger partial charge in [-0.3, -0.25) is 14.9 Å². The molecule has 0 atom stereocenters. The molecule has 1 aromatic rings. The molecule has 106 valence electrons. The highest BCUT2D eigenvalue weighted by Gasteiger charge is 2.53. The summed E-state index contributed by atoms with van der Waals surface area (Å²) in [4.78, 5) is 23.9. The summed E-state index contributed by atoms with van der Waals surface area (Å²) in [6, 6.07) is 4.16. The van der Waals surface area contributed by atoms with E-state index in [1.54, 1.807) is 0 Å². The molecule has 1 N–H and O–H groups in total. The quantitative estimate of drug-likeness (QED) is 0.681. The van der Waals surface area contributed by atoms with Gasteiger partial charge >= 0.3 is 0 Å². The second kappa shape index (κ2) is 4.43. The minimum absolute atomic E-state index is 0.110. The fraction of sp³-hybridized carbons (Fsp3) is 0.462. The average molecular weight is 297 g/mol. The Morgan fingerprint density at radius 3 is 2.65 bits per heavy atom. The fourth-order valence-electron chi connectivity index (χ4n) is 2.63. The van der Waals surface area contributed by atoms with Crippen molar-refractivity contribution in [2.45, 2.75) is 18.4 Å². The summed E-state index contributed by atoms with van der Waals surface area (Å²) in [5.74, 6) is -0.0869. The average Bonchev–Trinajstić information content (AvgIpc) is 3.18. The third kappa shape index (κ3) is 2.05. The number of likely N-dealkylation sites (tertiary alicyclic amines) is 1. The van der Waals surface area contributed by atoms with E-state index in [-0.39, 0.29) is 41.2 Å². The number of rotatable bonds is 3. The lowest BCUT2D eigenvalue weighted by Gasteiger charge is -2.47. The molecule has 1 saturated heterocycles. The molecular weight excluding hydrogens is 284 g/mol. The van der Waals surface area contributed by atoms with E-state index in [4.69, 9.17) is 11.6 Å². The SMILES string of the molecule is O=C(c1cccc([N+](=O)[O-])c1Cl)N1CC(O)(C2CC2)C1. The Bertz CT molecular complexity index is 594. The zero-order chi connectivity index (χ0) is 14.5. The number of hydrogen-bond donors (Lipinski definition) is 1. The molecule has 1 aromatic carbocycles. The number of nitro groups is 1. The van der Waals surface area contributed by atoms with Crippen LogP contribution in [0.4, 0.5) is 5.69 Å². The predicted octanol–water partition coefficient (Wildman–Crippen LogP) is 1.85. The molecule has 1 amide bonds. The van der Waals surface area contributed by atoms with Gasteiger partial charge in [-0.25, -0.2) is 0 Å². The van der Waals surface area contributed by atoms with E-state index in [0.717, 1.165) is 12.8 Å². The minimum atomic E-state index is -0.775. The first-order chi connectivity index (χ1) is 9.42. The van der Waals surface area contributed by atoms with Crippen molar-refractivity contribution in [1.82, 2.24) is 4.90 Å². The fourth-order valence-corrected chi connectivity index (χ4v) is 2.91. The molecule has 1 aliphatic carbocycles. The summed E-state index contributed by atoms with van der Waals surface area (Å²) in [5.41, 5.74) is -0.947. The normalized spacial score (nSPS) is 20.4. The number of nitro benzene ring substituents is 1. The van der Waals surface area contributed by atoms with Gasteiger partial charge in [0.05, 0.1) is 23.6 Å². The van der Waals surface area contributed by atoms with E-state index in [2.05, 4.69) is 0 Å². The number of aliphatic hydroxyl groups is 1. The van der Waals surface area contributed by atoms with Crippen molar-refractivity contribution >= 4 is 23.2 Å². The van der Waals surface area contributed by atoms with Crippen LogP contribution in [0.15, 0.2) is 18.2 Å². The van der Waals surface area contributed by atoms with Crippen molar-refractivity contribution in [2.24, 2.45) is 5.92 Å². The molecule has 1 aliphatic heterocycles. The lowest BCUT2D eigenvalue weighted by Crippen LogP contribution is -2.64. The third-order valence-electron chi connectivity index (χ3n) is 3.96. The molecule has 2 aliphatic rings. The van der Waals surface area contributed by atoms with E-state index in [9.17, 15) is 20.0 Å². The summed E-state index contributed by atoms with van der Waals surface area (Å²) < 4.78 is 0. The summed E-state index contributed by atoms with van der Waals surface area (Å²) >= 11 is 5.92. The van der Waals surface area contributed by atoms with E-state index >= 15 is 0 Å². The van der Waals surface area contributed by atoms with Gasteiger partial charge < -0.3 is 10.0 Å². The van der Waals surface area contributed by atoms with Gasteiger partial charge in [0.2, 0.25) is 0 Å². The number of carbonyl (C=O) groups excluding carboxylic acids is 1. The number of β-amino-alcohol motifs (C(OH)–C–C–N with tert-alkyl or cyclic N) is 1. The van der Waals surface area contributed by atoms with Crippen LogP contribution in [0.3, 0.4) is 0 Å². The topological polar surface area (TPSA) is 83.7 Å². The lowest BCUT2D eigenvalue weighted by atomic mass is 9.88. The monoisotopic (exact) mass is 296 g/mol. The van der Waals surface area contributed by atoms with Crippen molar-refractivity contribution < 1.29 is 14.8 Å². The number of benzene rings is 1. The molecule has 0 radical (unpaired) electrons. The number of halogens is 1. The Kier molecular flexibility index (Phi) is 2.95. The van der Waals surface area contributed by atoms with E-state index in [0.29, 0.717) is 0 Å². The second-order valence-electron chi connectivity index (χ2n) is 5.43. The summed E-state index contributed by atoms with van der Waals surface area (Å²) in [7, 11) is 0. The molecule has 3 rings (SSSR count). The van der Waals surface area contributed by atoms with E-state index in [1.807, 2.05) is 0 Å². The van der Waals surface area contributed by atoms with Crippen LogP contribution in [0.2, 0.25) is 5.02 Å². The summed E-state index contributed by atoms with van der Waals surface area (Å²) in [6.45, 7) is 0.547. The second-order valence-corrected chi connectivity index (χ2v) is 5.81. The maximum Gasteiger partial charge on any atom is 0.288 e. The van der Waals surface area contributed by atoms with Crippen molar-refractivity contribution in [3.05, 3.63) is 38.9 Å². The van der Waals surface area contributed by atoms with Crippen LogP contribution in [-0.2, 0) is 0 Å². The van der Waals surface area contributed by atoms with Crippen molar-refractivity contribution in [2.75, 3.05) is 13.1 Å². The smallest absolute Gasteiger partial charge is 0.288 e. The first-order valence-electron chi connectivity index (χ1n) is 6.37. The van der Waals surface area contributed by atoms with Crippen molar-refractivity contribution in [3.63, 3.8) is 0 Å². The van der Waals surface area contributed by atoms with E-state index < -0.39 is 10.5 Å². The molecule has 0 aromatic heterocycles. The molecule has 1 saturated carbocycles. The Balaban J connectivity index is 1.79. The lowest BCUT2D eigenvalue weighted by molar-refractivity contribution is -0.384. The molecule has 20 heavy (non-hydrogen) atoms. The molecule has 1 heterocycles. The van der Waals surface area contributed by atoms with Gasteiger partial charge in [-0.15, -0.1) is 0 Å². The minimum Gasteiger partial charge on any atom is -0.386 e. The van der Waals surface area contributed by atoms with Crippen LogP contribution in [-0.4, -0.2) is 39.5 Å². The molecule has 0 spiro atoms. The van der Waals surface area contributed by atoms with Crippen molar-refractivity contribution in [1.29, 1.82) is 0 Å². The molecule has 7 heteroatoms. The first kappa shape index (κ1) is 13.3. The molecular formula is C13H13ClN2O4. The van der Waals surface area contributed by atoms with Gasteiger partial charge in [0, 0.05) is 6.07 Å². The van der Waals surface area contributed by atoms with Crippen LogP contribution >= 0.6 is 11.6 Å². The zero-order valence-corrected chi connectivity index (χ0v) is 11.3. The zero-order valence-electron chi connectivity index (χ0n) is 10.6. The largest absolute Gasteiger partial charge is 0.386 e. The van der Waals surface area contributed by atoms with Crippen LogP contribution in [0, 0.1) is 16.0 Å².